The van der Waals surface area contributed by atoms with Crippen molar-refractivity contribution in [3.8, 4) is 0 Å². The molecule has 2 aromatic heterocycles. The van der Waals surface area contributed by atoms with Crippen LogP contribution in [0, 0.1) is 5.92 Å². The van der Waals surface area contributed by atoms with Crippen LogP contribution in [-0.4, -0.2) is 42.1 Å². The van der Waals surface area contributed by atoms with E-state index in [1.54, 1.807) is 18.3 Å². The summed E-state index contributed by atoms with van der Waals surface area (Å²) in [6.07, 6.45) is 5.39. The van der Waals surface area contributed by atoms with Crippen LogP contribution in [0.4, 0.5) is 0 Å². The normalized spacial score (nSPS) is 21.1. The van der Waals surface area contributed by atoms with E-state index in [-0.39, 0.29) is 17.4 Å². The number of piperidine rings is 1. The molecular formula is C13H15N3O3S. The quantitative estimate of drug-likeness (QED) is 0.861. The minimum Gasteiger partial charge on any atom is -0.345 e. The largest absolute Gasteiger partial charge is 0.345 e. The number of hydrogen-bond acceptors (Lipinski definition) is 4. The number of nitrogens with zero attached hydrogens (tertiary/aromatic N) is 2. The molecule has 3 rings (SSSR count). The first-order valence-electron chi connectivity index (χ1n) is 6.50. The molecule has 20 heavy (non-hydrogen) atoms. The number of sulfonamides is 1. The summed E-state index contributed by atoms with van der Waals surface area (Å²) in [5.74, 6) is -0.207. The highest BCUT2D eigenvalue weighted by Crippen LogP contribution is 2.27. The number of aldehydes is 1. The van der Waals surface area contributed by atoms with Crippen molar-refractivity contribution in [2.24, 2.45) is 5.92 Å². The van der Waals surface area contributed by atoms with Crippen LogP contribution in [0.15, 0.2) is 29.4 Å². The van der Waals surface area contributed by atoms with Gasteiger partial charge in [-0.05, 0) is 25.0 Å². The summed E-state index contributed by atoms with van der Waals surface area (Å²) in [5.41, 5.74) is 0.551. The molecule has 106 valence electrons. The number of aromatic amines is 1. The van der Waals surface area contributed by atoms with Crippen LogP contribution >= 0.6 is 0 Å². The van der Waals surface area contributed by atoms with E-state index in [1.807, 2.05) is 0 Å². The first-order chi connectivity index (χ1) is 9.63. The van der Waals surface area contributed by atoms with Gasteiger partial charge < -0.3 is 9.78 Å². The maximum absolute atomic E-state index is 12.7. The first kappa shape index (κ1) is 13.3. The van der Waals surface area contributed by atoms with Gasteiger partial charge in [0.15, 0.2) is 0 Å². The van der Waals surface area contributed by atoms with E-state index >= 15 is 0 Å². The molecule has 0 aliphatic carbocycles. The Hall–Kier alpha value is -1.73. The van der Waals surface area contributed by atoms with Crippen molar-refractivity contribution in [2.75, 3.05) is 13.1 Å². The third-order valence-corrected chi connectivity index (χ3v) is 5.55. The average Bonchev–Trinajstić information content (AvgIpc) is 2.92. The lowest BCUT2D eigenvalue weighted by molar-refractivity contribution is -0.112. The highest BCUT2D eigenvalue weighted by atomic mass is 32.2. The number of carbonyl (C=O) groups excluding carboxylic acids is 1. The number of aromatic nitrogens is 2. The van der Waals surface area contributed by atoms with Gasteiger partial charge in [0.1, 0.15) is 16.8 Å². The van der Waals surface area contributed by atoms with Crippen molar-refractivity contribution in [3.63, 3.8) is 0 Å². The summed E-state index contributed by atoms with van der Waals surface area (Å²) in [6, 6.07) is 3.44. The van der Waals surface area contributed by atoms with E-state index in [0.29, 0.717) is 24.0 Å². The van der Waals surface area contributed by atoms with Crippen molar-refractivity contribution in [3.05, 3.63) is 24.5 Å². The Labute approximate surface area is 116 Å². The summed E-state index contributed by atoms with van der Waals surface area (Å²) in [7, 11) is -3.59. The molecule has 7 heteroatoms. The minimum atomic E-state index is -3.59. The maximum Gasteiger partial charge on any atom is 0.245 e. The van der Waals surface area contributed by atoms with Crippen LogP contribution in [0.1, 0.15) is 12.8 Å². The fraction of sp³-hybridized carbons (Fsp3) is 0.385. The Morgan fingerprint density at radius 2 is 2.30 bits per heavy atom. The SMILES string of the molecule is O=CC1CCCN(S(=O)(=O)c2c[nH]c3ncccc23)C1. The molecule has 0 aromatic carbocycles. The third-order valence-electron chi connectivity index (χ3n) is 3.64. The molecule has 1 aliphatic rings. The van der Waals surface area contributed by atoms with Crippen LogP contribution < -0.4 is 0 Å². The Bertz CT molecular complexity index is 738. The number of nitrogens with one attached hydrogen (secondary N) is 1. The van der Waals surface area contributed by atoms with Crippen molar-refractivity contribution >= 4 is 27.3 Å². The zero-order valence-electron chi connectivity index (χ0n) is 10.8. The molecule has 0 spiro atoms. The van der Waals surface area contributed by atoms with Gasteiger partial charge in [0, 0.05) is 36.8 Å². The molecule has 0 radical (unpaired) electrons. The molecule has 1 N–H and O–H groups in total. The van der Waals surface area contributed by atoms with Gasteiger partial charge >= 0.3 is 0 Å². The fourth-order valence-corrected chi connectivity index (χ4v) is 4.27. The molecule has 0 amide bonds. The van der Waals surface area contributed by atoms with Crippen LogP contribution in [-0.2, 0) is 14.8 Å². The summed E-state index contributed by atoms with van der Waals surface area (Å²) in [6.45, 7) is 0.721. The monoisotopic (exact) mass is 293 g/mol. The van der Waals surface area contributed by atoms with E-state index in [2.05, 4.69) is 9.97 Å². The van der Waals surface area contributed by atoms with Gasteiger partial charge in [-0.1, -0.05) is 0 Å². The van der Waals surface area contributed by atoms with E-state index in [0.717, 1.165) is 12.7 Å². The van der Waals surface area contributed by atoms with Gasteiger partial charge in [-0.25, -0.2) is 13.4 Å². The number of rotatable bonds is 3. The van der Waals surface area contributed by atoms with Gasteiger partial charge in [-0.3, -0.25) is 0 Å². The Morgan fingerprint density at radius 1 is 1.45 bits per heavy atom. The van der Waals surface area contributed by atoms with Crippen LogP contribution in [0.3, 0.4) is 0 Å². The third kappa shape index (κ3) is 2.12. The smallest absolute Gasteiger partial charge is 0.245 e. The summed E-state index contributed by atoms with van der Waals surface area (Å²) in [4.78, 5) is 18.1. The van der Waals surface area contributed by atoms with E-state index < -0.39 is 10.0 Å². The molecule has 3 heterocycles. The fourth-order valence-electron chi connectivity index (χ4n) is 2.59. The number of pyridine rings is 1. The lowest BCUT2D eigenvalue weighted by Gasteiger charge is -2.29. The predicted octanol–water partition coefficient (Wildman–Crippen LogP) is 1.16. The standard InChI is InChI=1S/C13H15N3O3S/c17-9-10-3-2-6-16(8-10)20(18,19)12-7-15-13-11(12)4-1-5-14-13/h1,4-5,7,9-10H,2-3,6,8H2,(H,14,15). The molecule has 0 saturated carbocycles. The second-order valence-corrected chi connectivity index (χ2v) is 6.86. The number of carbonyl (C=O) groups is 1. The van der Waals surface area contributed by atoms with Crippen LogP contribution in [0.2, 0.25) is 0 Å². The average molecular weight is 293 g/mol. The van der Waals surface area contributed by atoms with Gasteiger partial charge in [-0.2, -0.15) is 4.31 Å². The van der Waals surface area contributed by atoms with E-state index in [1.165, 1.54) is 10.5 Å². The molecule has 0 bridgehead atoms. The highest BCUT2D eigenvalue weighted by molar-refractivity contribution is 7.89. The molecule has 1 atom stereocenters. The lowest BCUT2D eigenvalue weighted by Crippen LogP contribution is -2.40. The second-order valence-electron chi connectivity index (χ2n) is 4.95. The molecular weight excluding hydrogens is 278 g/mol. The van der Waals surface area contributed by atoms with Gasteiger partial charge in [0.05, 0.1) is 0 Å². The highest BCUT2D eigenvalue weighted by Gasteiger charge is 2.31. The Morgan fingerprint density at radius 3 is 3.10 bits per heavy atom. The number of H-pyrrole nitrogens is 1. The first-order valence-corrected chi connectivity index (χ1v) is 7.94. The topological polar surface area (TPSA) is 83.1 Å². The molecule has 2 aromatic rings. The number of fused-ring (bicyclic) bond motifs is 1. The Balaban J connectivity index is 2.01. The van der Waals surface area contributed by atoms with Crippen molar-refractivity contribution in [1.29, 1.82) is 0 Å². The maximum atomic E-state index is 12.7. The zero-order chi connectivity index (χ0) is 14.2. The molecule has 1 fully saturated rings. The minimum absolute atomic E-state index is 0.207. The lowest BCUT2D eigenvalue weighted by atomic mass is 10.0. The summed E-state index contributed by atoms with van der Waals surface area (Å²) >= 11 is 0. The molecule has 1 aliphatic heterocycles. The van der Waals surface area contributed by atoms with Crippen molar-refractivity contribution in [1.82, 2.24) is 14.3 Å². The van der Waals surface area contributed by atoms with Crippen molar-refractivity contribution < 1.29 is 13.2 Å². The van der Waals surface area contributed by atoms with Gasteiger partial charge in [0.25, 0.3) is 0 Å². The number of hydrogen-bond donors (Lipinski definition) is 1. The van der Waals surface area contributed by atoms with Gasteiger partial charge in [0.2, 0.25) is 10.0 Å². The zero-order valence-corrected chi connectivity index (χ0v) is 11.6. The Kier molecular flexibility index (Phi) is 3.31. The summed E-state index contributed by atoms with van der Waals surface area (Å²) < 4.78 is 26.8. The molecule has 6 nitrogen and oxygen atoms in total. The van der Waals surface area contributed by atoms with Crippen LogP contribution in [0.5, 0.6) is 0 Å². The molecule has 1 saturated heterocycles. The van der Waals surface area contributed by atoms with E-state index in [9.17, 15) is 13.2 Å². The second kappa shape index (κ2) is 4.99. The van der Waals surface area contributed by atoms with Crippen LogP contribution in [0.25, 0.3) is 11.0 Å². The molecule has 1 unspecified atom stereocenters. The predicted molar refractivity (Wildman–Crippen MR) is 73.6 cm³/mol. The van der Waals surface area contributed by atoms with Gasteiger partial charge in [-0.15, -0.1) is 0 Å². The van der Waals surface area contributed by atoms with Crippen molar-refractivity contribution in [2.45, 2.75) is 17.7 Å². The summed E-state index contributed by atoms with van der Waals surface area (Å²) in [5, 5.41) is 0.584. The van der Waals surface area contributed by atoms with E-state index in [4.69, 9.17) is 0 Å².